The molecule has 0 unspecified atom stereocenters. The number of thioether (sulfide) groups is 1. The van der Waals surface area contributed by atoms with Crippen molar-refractivity contribution < 1.29 is 9.59 Å². The molecule has 0 spiro atoms. The molecular formula is C14H17ClN2O2S. The molecule has 0 aromatic heterocycles. The molecule has 0 aliphatic carbocycles. The number of hydrogen-bond acceptors (Lipinski definition) is 4. The molecule has 108 valence electrons. The lowest BCUT2D eigenvalue weighted by molar-refractivity contribution is -0.122. The van der Waals surface area contributed by atoms with Gasteiger partial charge < -0.3 is 5.73 Å². The highest BCUT2D eigenvalue weighted by Crippen LogP contribution is 2.32. The zero-order valence-corrected chi connectivity index (χ0v) is 12.6. The number of hydrogen-bond donors (Lipinski definition) is 1. The van der Waals surface area contributed by atoms with E-state index in [0.29, 0.717) is 18.0 Å². The Kier molecular flexibility index (Phi) is 6.78. The first-order valence-corrected chi connectivity index (χ1v) is 7.04. The third-order valence-electron chi connectivity index (χ3n) is 2.81. The molecule has 1 aromatic rings. The van der Waals surface area contributed by atoms with Crippen LogP contribution in [0.4, 0.5) is 4.79 Å². The highest BCUT2D eigenvalue weighted by molar-refractivity contribution is 8.18. The van der Waals surface area contributed by atoms with Crippen LogP contribution in [0.3, 0.4) is 0 Å². The highest BCUT2D eigenvalue weighted by atomic mass is 35.5. The van der Waals surface area contributed by atoms with Crippen molar-refractivity contribution in [2.45, 2.75) is 12.8 Å². The zero-order valence-electron chi connectivity index (χ0n) is 11.0. The molecule has 0 radical (unpaired) electrons. The van der Waals surface area contributed by atoms with Gasteiger partial charge >= 0.3 is 0 Å². The summed E-state index contributed by atoms with van der Waals surface area (Å²) in [6.07, 6.45) is 3.33. The van der Waals surface area contributed by atoms with Gasteiger partial charge in [0.2, 0.25) is 0 Å². The van der Waals surface area contributed by atoms with Gasteiger partial charge in [0.25, 0.3) is 11.1 Å². The smallest absolute Gasteiger partial charge is 0.293 e. The molecule has 1 aromatic carbocycles. The molecule has 4 nitrogen and oxygen atoms in total. The number of carbonyl (C=O) groups excluding carboxylic acids is 2. The molecule has 0 atom stereocenters. The standard InChI is InChI=1S/C14H16N2O2S.ClH/c15-8-4-5-9-16-13(17)12(19-14(16)18)10-11-6-2-1-3-7-11;/h1-3,6-7,10H,4-5,8-9,15H2;1H. The molecule has 0 saturated carbocycles. The largest absolute Gasteiger partial charge is 0.330 e. The van der Waals surface area contributed by atoms with Crippen LogP contribution >= 0.6 is 24.2 Å². The van der Waals surface area contributed by atoms with Crippen molar-refractivity contribution in [1.82, 2.24) is 4.90 Å². The van der Waals surface area contributed by atoms with Crippen LogP contribution in [-0.2, 0) is 4.79 Å². The fraction of sp³-hybridized carbons (Fsp3) is 0.286. The third-order valence-corrected chi connectivity index (χ3v) is 3.71. The van der Waals surface area contributed by atoms with Gasteiger partial charge in [0, 0.05) is 6.54 Å². The van der Waals surface area contributed by atoms with Gasteiger partial charge in [-0.05, 0) is 42.8 Å². The van der Waals surface area contributed by atoms with Crippen LogP contribution in [0.15, 0.2) is 35.2 Å². The van der Waals surface area contributed by atoms with Crippen LogP contribution in [-0.4, -0.2) is 29.1 Å². The predicted molar refractivity (Wildman–Crippen MR) is 84.7 cm³/mol. The lowest BCUT2D eigenvalue weighted by Gasteiger charge is -2.11. The van der Waals surface area contributed by atoms with Crippen molar-refractivity contribution in [2.24, 2.45) is 5.73 Å². The Hall–Kier alpha value is -1.30. The van der Waals surface area contributed by atoms with E-state index in [1.165, 1.54) is 4.90 Å². The van der Waals surface area contributed by atoms with E-state index in [-0.39, 0.29) is 23.6 Å². The number of benzene rings is 1. The first kappa shape index (κ1) is 16.8. The van der Waals surface area contributed by atoms with Gasteiger partial charge in [-0.1, -0.05) is 30.3 Å². The lowest BCUT2D eigenvalue weighted by atomic mass is 10.2. The summed E-state index contributed by atoms with van der Waals surface area (Å²) in [6, 6.07) is 9.52. The van der Waals surface area contributed by atoms with Crippen molar-refractivity contribution in [3.05, 3.63) is 40.8 Å². The van der Waals surface area contributed by atoms with E-state index in [4.69, 9.17) is 5.73 Å². The molecule has 2 N–H and O–H groups in total. The van der Waals surface area contributed by atoms with Crippen molar-refractivity contribution in [3.63, 3.8) is 0 Å². The Labute approximate surface area is 128 Å². The SMILES string of the molecule is Cl.NCCCCN1C(=O)SC(=Cc2ccccc2)C1=O. The van der Waals surface area contributed by atoms with Crippen molar-refractivity contribution >= 4 is 41.4 Å². The minimum atomic E-state index is -0.198. The maximum absolute atomic E-state index is 12.1. The second-order valence-corrected chi connectivity index (χ2v) is 5.23. The van der Waals surface area contributed by atoms with Gasteiger partial charge in [-0.3, -0.25) is 14.5 Å². The fourth-order valence-electron chi connectivity index (χ4n) is 1.81. The summed E-state index contributed by atoms with van der Waals surface area (Å²) in [7, 11) is 0. The third kappa shape index (κ3) is 4.10. The molecule has 1 fully saturated rings. The Morgan fingerprint density at radius 2 is 1.85 bits per heavy atom. The number of unbranched alkanes of at least 4 members (excludes halogenated alkanes) is 1. The quantitative estimate of drug-likeness (QED) is 0.671. The summed E-state index contributed by atoms with van der Waals surface area (Å²) in [5.41, 5.74) is 6.33. The average molecular weight is 313 g/mol. The number of imide groups is 1. The van der Waals surface area contributed by atoms with E-state index in [1.807, 2.05) is 30.3 Å². The van der Waals surface area contributed by atoms with Crippen LogP contribution in [0, 0.1) is 0 Å². The highest BCUT2D eigenvalue weighted by Gasteiger charge is 2.34. The molecule has 1 heterocycles. The first-order valence-electron chi connectivity index (χ1n) is 6.23. The Morgan fingerprint density at radius 1 is 1.15 bits per heavy atom. The van der Waals surface area contributed by atoms with Crippen LogP contribution in [0.5, 0.6) is 0 Å². The van der Waals surface area contributed by atoms with Crippen LogP contribution < -0.4 is 5.73 Å². The first-order chi connectivity index (χ1) is 9.22. The van der Waals surface area contributed by atoms with Gasteiger partial charge in [0.05, 0.1) is 4.91 Å². The average Bonchev–Trinajstić information content (AvgIpc) is 2.68. The van der Waals surface area contributed by atoms with Crippen LogP contribution in [0.25, 0.3) is 6.08 Å². The maximum Gasteiger partial charge on any atom is 0.293 e. The van der Waals surface area contributed by atoms with E-state index >= 15 is 0 Å². The summed E-state index contributed by atoms with van der Waals surface area (Å²) >= 11 is 1.00. The molecule has 20 heavy (non-hydrogen) atoms. The van der Waals surface area contributed by atoms with Crippen molar-refractivity contribution in [1.29, 1.82) is 0 Å². The molecule has 1 saturated heterocycles. The van der Waals surface area contributed by atoms with Gasteiger partial charge in [-0.2, -0.15) is 0 Å². The molecular weight excluding hydrogens is 296 g/mol. The molecule has 1 aliphatic rings. The second kappa shape index (κ2) is 8.09. The minimum Gasteiger partial charge on any atom is -0.330 e. The Bertz CT molecular complexity index is 505. The number of nitrogens with two attached hydrogens (primary N) is 1. The van der Waals surface area contributed by atoms with Crippen molar-refractivity contribution in [2.75, 3.05) is 13.1 Å². The van der Waals surface area contributed by atoms with E-state index < -0.39 is 0 Å². The zero-order chi connectivity index (χ0) is 13.7. The summed E-state index contributed by atoms with van der Waals surface area (Å²) in [6.45, 7) is 1.03. The molecule has 2 amide bonds. The fourth-order valence-corrected chi connectivity index (χ4v) is 2.67. The summed E-state index contributed by atoms with van der Waals surface area (Å²) in [5.74, 6) is -0.198. The van der Waals surface area contributed by atoms with Crippen molar-refractivity contribution in [3.8, 4) is 0 Å². The van der Waals surface area contributed by atoms with Gasteiger partial charge in [-0.15, -0.1) is 12.4 Å². The van der Waals surface area contributed by atoms with E-state index in [2.05, 4.69) is 0 Å². The monoisotopic (exact) mass is 312 g/mol. The summed E-state index contributed by atoms with van der Waals surface area (Å²) in [5, 5.41) is -0.191. The van der Waals surface area contributed by atoms with Crippen LogP contribution in [0.2, 0.25) is 0 Å². The van der Waals surface area contributed by atoms with Crippen LogP contribution in [0.1, 0.15) is 18.4 Å². The molecule has 6 heteroatoms. The van der Waals surface area contributed by atoms with Gasteiger partial charge in [-0.25, -0.2) is 0 Å². The van der Waals surface area contributed by atoms with E-state index in [0.717, 1.165) is 30.2 Å². The number of halogens is 1. The number of amides is 2. The number of nitrogens with zero attached hydrogens (tertiary/aromatic N) is 1. The minimum absolute atomic E-state index is 0. The normalized spacial score (nSPS) is 16.6. The molecule has 1 aliphatic heterocycles. The summed E-state index contributed by atoms with van der Waals surface area (Å²) < 4.78 is 0. The van der Waals surface area contributed by atoms with Gasteiger partial charge in [0.1, 0.15) is 0 Å². The number of carbonyl (C=O) groups is 2. The number of rotatable bonds is 5. The molecule has 2 rings (SSSR count). The van der Waals surface area contributed by atoms with E-state index in [9.17, 15) is 9.59 Å². The topological polar surface area (TPSA) is 63.4 Å². The summed E-state index contributed by atoms with van der Waals surface area (Å²) in [4.78, 5) is 25.7. The second-order valence-electron chi connectivity index (χ2n) is 4.24. The molecule has 0 bridgehead atoms. The Balaban J connectivity index is 0.00000200. The van der Waals surface area contributed by atoms with E-state index in [1.54, 1.807) is 6.08 Å². The Morgan fingerprint density at radius 3 is 2.50 bits per heavy atom. The lowest BCUT2D eigenvalue weighted by Crippen LogP contribution is -2.29. The van der Waals surface area contributed by atoms with Gasteiger partial charge in [0.15, 0.2) is 0 Å². The predicted octanol–water partition coefficient (Wildman–Crippen LogP) is 2.88. The maximum atomic E-state index is 12.1.